The highest BCUT2D eigenvalue weighted by Crippen LogP contribution is 2.32. The minimum Gasteiger partial charge on any atom is -0.352 e. The Morgan fingerprint density at radius 3 is 2.67 bits per heavy atom. The zero-order valence-electron chi connectivity index (χ0n) is 12.0. The van der Waals surface area contributed by atoms with Crippen LogP contribution in [-0.2, 0) is 6.54 Å². The lowest BCUT2D eigenvalue weighted by Gasteiger charge is -2.32. The summed E-state index contributed by atoms with van der Waals surface area (Å²) in [6.45, 7) is 11.0. The summed E-state index contributed by atoms with van der Waals surface area (Å²) in [6.07, 6.45) is 4.52. The Morgan fingerprint density at radius 1 is 1.39 bits per heavy atom. The highest BCUT2D eigenvalue weighted by molar-refractivity contribution is 5.43. The van der Waals surface area contributed by atoms with E-state index in [1.165, 1.54) is 18.4 Å². The third kappa shape index (κ3) is 3.02. The summed E-state index contributed by atoms with van der Waals surface area (Å²) in [6, 6.07) is 4.86. The number of hydrogen-bond donors (Lipinski definition) is 1. The van der Waals surface area contributed by atoms with Gasteiger partial charge in [-0.05, 0) is 38.3 Å². The molecule has 0 spiro atoms. The van der Waals surface area contributed by atoms with Gasteiger partial charge in [0, 0.05) is 30.9 Å². The summed E-state index contributed by atoms with van der Waals surface area (Å²) in [5.41, 5.74) is 1.51. The molecule has 0 unspecified atom stereocenters. The third-order valence-electron chi connectivity index (χ3n) is 3.70. The molecular weight excluding hydrogens is 222 g/mol. The van der Waals surface area contributed by atoms with Crippen molar-refractivity contribution in [1.82, 2.24) is 10.3 Å². The Morgan fingerprint density at radius 2 is 2.17 bits per heavy atom. The Kier molecular flexibility index (Phi) is 3.91. The summed E-state index contributed by atoms with van der Waals surface area (Å²) in [5.74, 6) is 1.12. The standard InChI is InChI=1S/C15H25N3/c1-12(2)16-10-13-6-7-14(17-11-13)18-9-5-8-15(18,3)4/h6-7,11-12,16H,5,8-10H2,1-4H3. The van der Waals surface area contributed by atoms with Crippen LogP contribution in [0.1, 0.15) is 46.1 Å². The van der Waals surface area contributed by atoms with Crippen LogP contribution in [0.4, 0.5) is 5.82 Å². The van der Waals surface area contributed by atoms with E-state index >= 15 is 0 Å². The summed E-state index contributed by atoms with van der Waals surface area (Å²) in [4.78, 5) is 7.04. The monoisotopic (exact) mass is 247 g/mol. The van der Waals surface area contributed by atoms with E-state index in [2.05, 4.69) is 55.0 Å². The normalized spacial score (nSPS) is 18.6. The minimum atomic E-state index is 0.255. The maximum absolute atomic E-state index is 4.62. The summed E-state index contributed by atoms with van der Waals surface area (Å²) in [7, 11) is 0. The maximum Gasteiger partial charge on any atom is 0.128 e. The van der Waals surface area contributed by atoms with Gasteiger partial charge in [-0.2, -0.15) is 0 Å². The molecule has 0 aliphatic carbocycles. The predicted molar refractivity (Wildman–Crippen MR) is 76.9 cm³/mol. The molecule has 1 aromatic heterocycles. The van der Waals surface area contributed by atoms with Crippen molar-refractivity contribution in [2.45, 2.75) is 58.7 Å². The van der Waals surface area contributed by atoms with Crippen molar-refractivity contribution in [3.63, 3.8) is 0 Å². The van der Waals surface area contributed by atoms with Crippen LogP contribution < -0.4 is 10.2 Å². The fourth-order valence-corrected chi connectivity index (χ4v) is 2.53. The van der Waals surface area contributed by atoms with E-state index in [1.54, 1.807) is 0 Å². The molecule has 100 valence electrons. The van der Waals surface area contributed by atoms with Gasteiger partial charge in [0.2, 0.25) is 0 Å². The van der Waals surface area contributed by atoms with Gasteiger partial charge in [0.1, 0.15) is 5.82 Å². The van der Waals surface area contributed by atoms with E-state index in [0.717, 1.165) is 18.9 Å². The fourth-order valence-electron chi connectivity index (χ4n) is 2.53. The minimum absolute atomic E-state index is 0.255. The lowest BCUT2D eigenvalue weighted by Crippen LogP contribution is -2.38. The molecule has 0 atom stereocenters. The highest BCUT2D eigenvalue weighted by Gasteiger charge is 2.32. The van der Waals surface area contributed by atoms with Gasteiger partial charge in [-0.3, -0.25) is 0 Å². The van der Waals surface area contributed by atoms with Gasteiger partial charge >= 0.3 is 0 Å². The lowest BCUT2D eigenvalue weighted by atomic mass is 10.0. The van der Waals surface area contributed by atoms with Crippen LogP contribution in [0.2, 0.25) is 0 Å². The SMILES string of the molecule is CC(C)NCc1ccc(N2CCCC2(C)C)nc1. The van der Waals surface area contributed by atoms with Crippen LogP contribution in [-0.4, -0.2) is 23.1 Å². The summed E-state index contributed by atoms with van der Waals surface area (Å²) < 4.78 is 0. The van der Waals surface area contributed by atoms with Crippen LogP contribution in [0.25, 0.3) is 0 Å². The Balaban J connectivity index is 2.03. The van der Waals surface area contributed by atoms with Gasteiger partial charge < -0.3 is 10.2 Å². The van der Waals surface area contributed by atoms with Gasteiger partial charge in [-0.1, -0.05) is 19.9 Å². The second-order valence-corrected chi connectivity index (χ2v) is 6.13. The molecule has 1 aliphatic heterocycles. The number of anilines is 1. The molecule has 0 saturated carbocycles. The van der Waals surface area contributed by atoms with E-state index in [4.69, 9.17) is 0 Å². The number of aromatic nitrogens is 1. The highest BCUT2D eigenvalue weighted by atomic mass is 15.3. The van der Waals surface area contributed by atoms with Crippen LogP contribution in [0.15, 0.2) is 18.3 Å². The molecule has 0 radical (unpaired) electrons. The third-order valence-corrected chi connectivity index (χ3v) is 3.70. The van der Waals surface area contributed by atoms with Crippen LogP contribution >= 0.6 is 0 Å². The molecule has 0 amide bonds. The molecule has 1 fully saturated rings. The van der Waals surface area contributed by atoms with Crippen LogP contribution in [0, 0.1) is 0 Å². The van der Waals surface area contributed by atoms with Gasteiger partial charge in [0.25, 0.3) is 0 Å². The number of rotatable bonds is 4. The largest absolute Gasteiger partial charge is 0.352 e. The van der Waals surface area contributed by atoms with Crippen LogP contribution in [0.5, 0.6) is 0 Å². The molecule has 0 bridgehead atoms. The average molecular weight is 247 g/mol. The van der Waals surface area contributed by atoms with E-state index in [9.17, 15) is 0 Å². The zero-order valence-corrected chi connectivity index (χ0v) is 12.0. The molecule has 1 saturated heterocycles. The Labute approximate surface area is 111 Å². The van der Waals surface area contributed by atoms with Crippen molar-refractivity contribution in [2.75, 3.05) is 11.4 Å². The molecule has 2 rings (SSSR count). The van der Waals surface area contributed by atoms with Crippen molar-refractivity contribution >= 4 is 5.82 Å². The van der Waals surface area contributed by atoms with E-state index in [1.807, 2.05) is 6.20 Å². The summed E-state index contributed by atoms with van der Waals surface area (Å²) >= 11 is 0. The fraction of sp³-hybridized carbons (Fsp3) is 0.667. The molecule has 1 aromatic rings. The lowest BCUT2D eigenvalue weighted by molar-refractivity contribution is 0.514. The smallest absolute Gasteiger partial charge is 0.128 e. The topological polar surface area (TPSA) is 28.2 Å². The number of nitrogens with one attached hydrogen (secondary N) is 1. The van der Waals surface area contributed by atoms with Gasteiger partial charge in [0.05, 0.1) is 0 Å². The number of hydrogen-bond acceptors (Lipinski definition) is 3. The molecule has 0 aromatic carbocycles. The predicted octanol–water partition coefficient (Wildman–Crippen LogP) is 2.96. The zero-order chi connectivity index (χ0) is 13.2. The van der Waals surface area contributed by atoms with E-state index < -0.39 is 0 Å². The number of nitrogens with zero attached hydrogens (tertiary/aromatic N) is 2. The second-order valence-electron chi connectivity index (χ2n) is 6.13. The first-order valence-corrected chi connectivity index (χ1v) is 6.95. The second kappa shape index (κ2) is 5.27. The quantitative estimate of drug-likeness (QED) is 0.886. The Hall–Kier alpha value is -1.09. The van der Waals surface area contributed by atoms with Crippen molar-refractivity contribution < 1.29 is 0 Å². The Bertz CT molecular complexity index is 381. The molecule has 1 aliphatic rings. The van der Waals surface area contributed by atoms with Crippen molar-refractivity contribution in [2.24, 2.45) is 0 Å². The van der Waals surface area contributed by atoms with Crippen molar-refractivity contribution in [3.05, 3.63) is 23.9 Å². The van der Waals surface area contributed by atoms with Gasteiger partial charge in [-0.15, -0.1) is 0 Å². The molecule has 3 nitrogen and oxygen atoms in total. The summed E-state index contributed by atoms with van der Waals surface area (Å²) in [5, 5.41) is 3.41. The molecule has 2 heterocycles. The van der Waals surface area contributed by atoms with E-state index in [-0.39, 0.29) is 5.54 Å². The number of pyridine rings is 1. The van der Waals surface area contributed by atoms with E-state index in [0.29, 0.717) is 6.04 Å². The first-order chi connectivity index (χ1) is 8.49. The van der Waals surface area contributed by atoms with Gasteiger partial charge in [-0.25, -0.2) is 4.98 Å². The first-order valence-electron chi connectivity index (χ1n) is 6.95. The van der Waals surface area contributed by atoms with Crippen molar-refractivity contribution in [3.8, 4) is 0 Å². The average Bonchev–Trinajstić information content (AvgIpc) is 2.67. The maximum atomic E-state index is 4.62. The molecule has 18 heavy (non-hydrogen) atoms. The van der Waals surface area contributed by atoms with Crippen LogP contribution in [0.3, 0.4) is 0 Å². The first kappa shape index (κ1) is 13.3. The van der Waals surface area contributed by atoms with Gasteiger partial charge in [0.15, 0.2) is 0 Å². The molecular formula is C15H25N3. The van der Waals surface area contributed by atoms with Crippen molar-refractivity contribution in [1.29, 1.82) is 0 Å². The molecule has 3 heteroatoms. The molecule has 1 N–H and O–H groups in total.